The lowest BCUT2D eigenvalue weighted by molar-refractivity contribution is -0.130. The molecule has 0 bridgehead atoms. The predicted molar refractivity (Wildman–Crippen MR) is 82.5 cm³/mol. The summed E-state index contributed by atoms with van der Waals surface area (Å²) in [4.78, 5) is 12.5. The monoisotopic (exact) mass is 292 g/mol. The van der Waals surface area contributed by atoms with Crippen molar-refractivity contribution < 1.29 is 9.18 Å². The van der Waals surface area contributed by atoms with Gasteiger partial charge in [-0.15, -0.1) is 0 Å². The summed E-state index contributed by atoms with van der Waals surface area (Å²) in [5, 5.41) is 6.33. The van der Waals surface area contributed by atoms with Gasteiger partial charge in [-0.25, -0.2) is 4.39 Å². The number of benzene rings is 1. The minimum absolute atomic E-state index is 0.119. The highest BCUT2D eigenvalue weighted by Crippen LogP contribution is 2.31. The summed E-state index contributed by atoms with van der Waals surface area (Å²) in [5.41, 5.74) is 1.95. The molecule has 0 saturated carbocycles. The van der Waals surface area contributed by atoms with Crippen LogP contribution in [-0.2, 0) is 11.3 Å². The molecular weight excluding hydrogens is 267 g/mol. The average Bonchev–Trinajstić information content (AvgIpc) is 2.92. The molecule has 2 rings (SSSR count). The molecule has 3 nitrogen and oxygen atoms in total. The van der Waals surface area contributed by atoms with Gasteiger partial charge in [-0.1, -0.05) is 25.5 Å². The molecule has 1 aliphatic heterocycles. The van der Waals surface area contributed by atoms with E-state index in [-0.39, 0.29) is 17.1 Å². The minimum Gasteiger partial charge on any atom is -0.352 e. The molecule has 1 aliphatic rings. The maximum atomic E-state index is 13.6. The molecule has 1 unspecified atom stereocenters. The zero-order valence-electron chi connectivity index (χ0n) is 13.2. The first-order valence-corrected chi connectivity index (χ1v) is 7.73. The SMILES string of the molecule is CCCC1(C(=O)NCc2cc(C)c(F)c(C)c2)CCNC1. The molecule has 0 spiro atoms. The molecule has 4 heteroatoms. The van der Waals surface area contributed by atoms with Gasteiger partial charge in [0, 0.05) is 13.1 Å². The maximum Gasteiger partial charge on any atom is 0.227 e. The first-order chi connectivity index (χ1) is 9.98. The number of rotatable bonds is 5. The summed E-state index contributed by atoms with van der Waals surface area (Å²) in [6.07, 6.45) is 2.81. The third kappa shape index (κ3) is 3.43. The summed E-state index contributed by atoms with van der Waals surface area (Å²) in [5.74, 6) is -0.0403. The van der Waals surface area contributed by atoms with Gasteiger partial charge < -0.3 is 10.6 Å². The number of carbonyl (C=O) groups excluding carboxylic acids is 1. The Morgan fingerprint density at radius 3 is 2.57 bits per heavy atom. The van der Waals surface area contributed by atoms with Crippen molar-refractivity contribution in [2.75, 3.05) is 13.1 Å². The zero-order valence-corrected chi connectivity index (χ0v) is 13.2. The third-order valence-corrected chi connectivity index (χ3v) is 4.40. The van der Waals surface area contributed by atoms with Crippen molar-refractivity contribution in [3.63, 3.8) is 0 Å². The van der Waals surface area contributed by atoms with E-state index in [0.29, 0.717) is 17.7 Å². The van der Waals surface area contributed by atoms with Gasteiger partial charge in [0.05, 0.1) is 5.41 Å². The summed E-state index contributed by atoms with van der Waals surface area (Å²) in [6, 6.07) is 3.62. The zero-order chi connectivity index (χ0) is 15.5. The molecule has 0 aliphatic carbocycles. The van der Waals surface area contributed by atoms with Gasteiger partial charge >= 0.3 is 0 Å². The molecule has 1 amide bonds. The first kappa shape index (κ1) is 16.0. The Morgan fingerprint density at radius 1 is 1.38 bits per heavy atom. The number of carbonyl (C=O) groups is 1. The topological polar surface area (TPSA) is 41.1 Å². The summed E-state index contributed by atoms with van der Waals surface area (Å²) >= 11 is 0. The van der Waals surface area contributed by atoms with E-state index >= 15 is 0 Å². The fourth-order valence-corrected chi connectivity index (χ4v) is 3.25. The smallest absolute Gasteiger partial charge is 0.227 e. The average molecular weight is 292 g/mol. The number of hydrogen-bond donors (Lipinski definition) is 2. The Kier molecular flexibility index (Phi) is 4.99. The molecule has 1 saturated heterocycles. The lowest BCUT2D eigenvalue weighted by Crippen LogP contribution is -2.42. The van der Waals surface area contributed by atoms with Crippen LogP contribution in [0.4, 0.5) is 4.39 Å². The van der Waals surface area contributed by atoms with Crippen molar-refractivity contribution in [2.24, 2.45) is 5.41 Å². The van der Waals surface area contributed by atoms with Crippen LogP contribution in [0.1, 0.15) is 42.9 Å². The summed E-state index contributed by atoms with van der Waals surface area (Å²) in [7, 11) is 0. The predicted octanol–water partition coefficient (Wildman–Crippen LogP) is 2.84. The lowest BCUT2D eigenvalue weighted by atomic mass is 9.81. The van der Waals surface area contributed by atoms with Crippen molar-refractivity contribution in [2.45, 2.75) is 46.6 Å². The molecule has 0 aromatic heterocycles. The van der Waals surface area contributed by atoms with Crippen LogP contribution in [0.15, 0.2) is 12.1 Å². The number of hydrogen-bond acceptors (Lipinski definition) is 2. The molecule has 1 heterocycles. The number of amides is 1. The number of aryl methyl sites for hydroxylation is 2. The van der Waals surface area contributed by atoms with Crippen LogP contribution in [0.3, 0.4) is 0 Å². The second kappa shape index (κ2) is 6.56. The third-order valence-electron chi connectivity index (χ3n) is 4.40. The van der Waals surface area contributed by atoms with Crippen LogP contribution < -0.4 is 10.6 Å². The van der Waals surface area contributed by atoms with E-state index in [0.717, 1.165) is 37.9 Å². The van der Waals surface area contributed by atoms with Crippen LogP contribution in [0.5, 0.6) is 0 Å². The normalized spacial score (nSPS) is 21.5. The second-order valence-electron chi connectivity index (χ2n) is 6.18. The van der Waals surface area contributed by atoms with E-state index in [4.69, 9.17) is 0 Å². The summed E-state index contributed by atoms with van der Waals surface area (Å²) < 4.78 is 13.6. The standard InChI is InChI=1S/C17H25FN2O/c1-4-5-17(6-7-19-11-17)16(21)20-10-14-8-12(2)15(18)13(3)9-14/h8-9,19H,4-7,10-11H2,1-3H3,(H,20,21). The molecule has 21 heavy (non-hydrogen) atoms. The van der Waals surface area contributed by atoms with Crippen molar-refractivity contribution in [3.05, 3.63) is 34.6 Å². The van der Waals surface area contributed by atoms with E-state index < -0.39 is 0 Å². The Bertz CT molecular complexity index is 499. The van der Waals surface area contributed by atoms with Crippen LogP contribution in [-0.4, -0.2) is 19.0 Å². The van der Waals surface area contributed by atoms with Crippen LogP contribution in [0.2, 0.25) is 0 Å². The van der Waals surface area contributed by atoms with Crippen molar-refractivity contribution in [3.8, 4) is 0 Å². The highest BCUT2D eigenvalue weighted by molar-refractivity contribution is 5.83. The van der Waals surface area contributed by atoms with E-state index in [1.165, 1.54) is 0 Å². The van der Waals surface area contributed by atoms with E-state index in [9.17, 15) is 9.18 Å². The molecule has 116 valence electrons. The number of nitrogens with one attached hydrogen (secondary N) is 2. The quantitative estimate of drug-likeness (QED) is 0.876. The maximum absolute atomic E-state index is 13.6. The molecule has 1 aromatic rings. The minimum atomic E-state index is -0.265. The van der Waals surface area contributed by atoms with E-state index in [1.54, 1.807) is 13.8 Å². The highest BCUT2D eigenvalue weighted by Gasteiger charge is 2.39. The van der Waals surface area contributed by atoms with Gasteiger partial charge in [0.1, 0.15) is 5.82 Å². The van der Waals surface area contributed by atoms with E-state index in [2.05, 4.69) is 17.6 Å². The highest BCUT2D eigenvalue weighted by atomic mass is 19.1. The Labute approximate surface area is 126 Å². The fourth-order valence-electron chi connectivity index (χ4n) is 3.25. The van der Waals surface area contributed by atoms with Crippen molar-refractivity contribution in [1.29, 1.82) is 0 Å². The van der Waals surface area contributed by atoms with Gasteiger partial charge in [0.25, 0.3) is 0 Å². The Morgan fingerprint density at radius 2 is 2.05 bits per heavy atom. The Hall–Kier alpha value is -1.42. The Balaban J connectivity index is 2.03. The largest absolute Gasteiger partial charge is 0.352 e. The van der Waals surface area contributed by atoms with Gasteiger partial charge in [-0.2, -0.15) is 0 Å². The van der Waals surface area contributed by atoms with E-state index in [1.807, 2.05) is 12.1 Å². The molecule has 1 fully saturated rings. The van der Waals surface area contributed by atoms with Crippen molar-refractivity contribution >= 4 is 5.91 Å². The molecule has 1 aromatic carbocycles. The van der Waals surface area contributed by atoms with Gasteiger partial charge in [-0.05, 0) is 49.9 Å². The molecular formula is C17H25FN2O. The number of halogens is 1. The van der Waals surface area contributed by atoms with Gasteiger partial charge in [0.15, 0.2) is 0 Å². The molecule has 2 N–H and O–H groups in total. The molecule has 1 atom stereocenters. The van der Waals surface area contributed by atoms with Crippen molar-refractivity contribution in [1.82, 2.24) is 10.6 Å². The lowest BCUT2D eigenvalue weighted by Gasteiger charge is -2.26. The fraction of sp³-hybridized carbons (Fsp3) is 0.588. The van der Waals surface area contributed by atoms with Crippen LogP contribution >= 0.6 is 0 Å². The van der Waals surface area contributed by atoms with Crippen LogP contribution in [0.25, 0.3) is 0 Å². The van der Waals surface area contributed by atoms with Gasteiger partial charge in [0.2, 0.25) is 5.91 Å². The first-order valence-electron chi connectivity index (χ1n) is 7.73. The molecule has 0 radical (unpaired) electrons. The van der Waals surface area contributed by atoms with Gasteiger partial charge in [-0.3, -0.25) is 4.79 Å². The summed E-state index contributed by atoms with van der Waals surface area (Å²) in [6.45, 7) is 7.75. The second-order valence-corrected chi connectivity index (χ2v) is 6.18. The van der Waals surface area contributed by atoms with Crippen LogP contribution in [0, 0.1) is 25.1 Å².